The molecule has 1 aromatic carbocycles. The molecule has 0 aromatic heterocycles. The number of ether oxygens (including phenoxy) is 1. The molecule has 0 spiro atoms. The summed E-state index contributed by atoms with van der Waals surface area (Å²) < 4.78 is 5.36. The normalized spacial score (nSPS) is 14.6. The van der Waals surface area contributed by atoms with Crippen molar-refractivity contribution in [2.24, 2.45) is 5.73 Å². The lowest BCUT2D eigenvalue weighted by atomic mass is 10.0. The van der Waals surface area contributed by atoms with Crippen LogP contribution in [0.4, 0.5) is 0 Å². The van der Waals surface area contributed by atoms with E-state index in [0.29, 0.717) is 5.75 Å². The van der Waals surface area contributed by atoms with Gasteiger partial charge in [0.25, 0.3) is 0 Å². The molecule has 2 N–H and O–H groups in total. The predicted octanol–water partition coefficient (Wildman–Crippen LogP) is 3.85. The van der Waals surface area contributed by atoms with Crippen LogP contribution in [-0.4, -0.2) is 23.4 Å². The summed E-state index contributed by atoms with van der Waals surface area (Å²) in [7, 11) is 0. The minimum Gasteiger partial charge on any atom is -0.459 e. The monoisotopic (exact) mass is 309 g/mol. The molecule has 0 amide bonds. The van der Waals surface area contributed by atoms with Gasteiger partial charge >= 0.3 is 5.97 Å². The van der Waals surface area contributed by atoms with Gasteiger partial charge in [0, 0.05) is 11.3 Å². The summed E-state index contributed by atoms with van der Waals surface area (Å²) in [6.07, 6.45) is 0.875. The number of thioether (sulfide) groups is 1. The number of carbonyl (C=O) groups is 1. The molecule has 1 rings (SSSR count). The van der Waals surface area contributed by atoms with Crippen LogP contribution in [0.5, 0.6) is 0 Å². The molecule has 0 aliphatic carbocycles. The maximum absolute atomic E-state index is 11.9. The average molecular weight is 309 g/mol. The first-order valence-electron chi connectivity index (χ1n) is 7.38. The maximum atomic E-state index is 11.9. The Labute approximate surface area is 132 Å². The molecule has 3 nitrogen and oxygen atoms in total. The minimum absolute atomic E-state index is 0.0279. The van der Waals surface area contributed by atoms with Crippen LogP contribution in [0.25, 0.3) is 0 Å². The number of aryl methyl sites for hydroxylation is 1. The van der Waals surface area contributed by atoms with Crippen molar-refractivity contribution in [1.29, 1.82) is 0 Å². The Kier molecular flexibility index (Phi) is 6.75. The molecule has 21 heavy (non-hydrogen) atoms. The summed E-state index contributed by atoms with van der Waals surface area (Å²) in [6.45, 7) is 9.77. The Morgan fingerprint density at radius 3 is 2.33 bits per heavy atom. The smallest absolute Gasteiger partial charge is 0.316 e. The Hall–Kier alpha value is -1.00. The van der Waals surface area contributed by atoms with Crippen molar-refractivity contribution in [3.8, 4) is 0 Å². The van der Waals surface area contributed by atoms with Crippen molar-refractivity contribution < 1.29 is 9.53 Å². The summed E-state index contributed by atoms with van der Waals surface area (Å²) in [5, 5.41) is 0.114. The van der Waals surface area contributed by atoms with Crippen molar-refractivity contribution in [2.75, 3.05) is 5.75 Å². The predicted molar refractivity (Wildman–Crippen MR) is 90.5 cm³/mol. The van der Waals surface area contributed by atoms with Gasteiger partial charge in [-0.3, -0.25) is 4.79 Å². The van der Waals surface area contributed by atoms with Gasteiger partial charge in [0.05, 0.1) is 5.75 Å². The average Bonchev–Trinajstić information content (AvgIpc) is 2.38. The molecule has 0 heterocycles. The zero-order chi connectivity index (χ0) is 16.0. The Balaban J connectivity index is 2.71. The van der Waals surface area contributed by atoms with Crippen LogP contribution in [0.1, 0.15) is 50.5 Å². The van der Waals surface area contributed by atoms with Crippen molar-refractivity contribution in [2.45, 2.75) is 57.9 Å². The lowest BCUT2D eigenvalue weighted by molar-refractivity contribution is -0.151. The van der Waals surface area contributed by atoms with Gasteiger partial charge in [0.2, 0.25) is 0 Å². The zero-order valence-corrected chi connectivity index (χ0v) is 14.5. The fourth-order valence-corrected chi connectivity index (χ4v) is 3.13. The highest BCUT2D eigenvalue weighted by molar-refractivity contribution is 8.00. The van der Waals surface area contributed by atoms with Gasteiger partial charge in [-0.05, 0) is 39.7 Å². The van der Waals surface area contributed by atoms with Gasteiger partial charge in [-0.2, -0.15) is 0 Å². The molecule has 0 radical (unpaired) electrons. The second kappa shape index (κ2) is 7.85. The van der Waals surface area contributed by atoms with Gasteiger partial charge in [-0.25, -0.2) is 0 Å². The van der Waals surface area contributed by atoms with E-state index in [1.54, 1.807) is 11.8 Å². The molecule has 0 aliphatic heterocycles. The second-order valence-corrected chi connectivity index (χ2v) is 7.43. The van der Waals surface area contributed by atoms with Crippen LogP contribution in [-0.2, 0) is 9.53 Å². The highest BCUT2D eigenvalue weighted by atomic mass is 32.2. The van der Waals surface area contributed by atoms with Crippen LogP contribution in [0.2, 0.25) is 0 Å². The SMILES string of the molecule is CCC(N)C(SCC(=O)OC(C)(C)C)c1ccc(C)cc1. The van der Waals surface area contributed by atoms with E-state index in [9.17, 15) is 4.79 Å². The fourth-order valence-electron chi connectivity index (χ4n) is 1.97. The van der Waals surface area contributed by atoms with Crippen molar-refractivity contribution in [1.82, 2.24) is 0 Å². The van der Waals surface area contributed by atoms with Crippen LogP contribution < -0.4 is 5.73 Å². The topological polar surface area (TPSA) is 52.3 Å². The number of carbonyl (C=O) groups excluding carboxylic acids is 1. The number of nitrogens with two attached hydrogens (primary N) is 1. The van der Waals surface area contributed by atoms with Gasteiger partial charge in [-0.1, -0.05) is 36.8 Å². The largest absolute Gasteiger partial charge is 0.459 e. The van der Waals surface area contributed by atoms with E-state index in [-0.39, 0.29) is 17.3 Å². The Morgan fingerprint density at radius 2 is 1.86 bits per heavy atom. The van der Waals surface area contributed by atoms with Crippen LogP contribution in [0, 0.1) is 6.92 Å². The van der Waals surface area contributed by atoms with Gasteiger partial charge < -0.3 is 10.5 Å². The van der Waals surface area contributed by atoms with Gasteiger partial charge in [-0.15, -0.1) is 11.8 Å². The summed E-state index contributed by atoms with van der Waals surface area (Å²) in [6, 6.07) is 8.38. The van der Waals surface area contributed by atoms with Crippen LogP contribution in [0.3, 0.4) is 0 Å². The van der Waals surface area contributed by atoms with E-state index in [2.05, 4.69) is 38.1 Å². The molecule has 118 valence electrons. The summed E-state index contributed by atoms with van der Waals surface area (Å²) in [5.41, 5.74) is 8.18. The van der Waals surface area contributed by atoms with E-state index < -0.39 is 5.60 Å². The molecule has 2 atom stereocenters. The Bertz CT molecular complexity index is 451. The summed E-state index contributed by atoms with van der Waals surface area (Å²) in [5.74, 6) is 0.136. The van der Waals surface area contributed by atoms with Gasteiger partial charge in [0.1, 0.15) is 5.60 Å². The number of rotatable bonds is 6. The van der Waals surface area contributed by atoms with Gasteiger partial charge in [0.15, 0.2) is 0 Å². The summed E-state index contributed by atoms with van der Waals surface area (Å²) in [4.78, 5) is 11.9. The molecule has 0 fully saturated rings. The van der Waals surface area contributed by atoms with Crippen molar-refractivity contribution in [3.05, 3.63) is 35.4 Å². The molecular weight excluding hydrogens is 282 g/mol. The van der Waals surface area contributed by atoms with E-state index >= 15 is 0 Å². The molecule has 1 aromatic rings. The van der Waals surface area contributed by atoms with Crippen molar-refractivity contribution in [3.63, 3.8) is 0 Å². The summed E-state index contributed by atoms with van der Waals surface area (Å²) >= 11 is 1.56. The fraction of sp³-hybridized carbons (Fsp3) is 0.588. The highest BCUT2D eigenvalue weighted by Gasteiger charge is 2.22. The number of hydrogen-bond acceptors (Lipinski definition) is 4. The molecule has 0 aliphatic rings. The lowest BCUT2D eigenvalue weighted by Crippen LogP contribution is -2.28. The third kappa shape index (κ3) is 6.53. The highest BCUT2D eigenvalue weighted by Crippen LogP contribution is 2.33. The van der Waals surface area contributed by atoms with E-state index in [0.717, 1.165) is 6.42 Å². The van der Waals surface area contributed by atoms with Crippen LogP contribution in [0.15, 0.2) is 24.3 Å². The maximum Gasteiger partial charge on any atom is 0.316 e. The standard InChI is InChI=1S/C17H27NO2S/c1-6-14(18)16(13-9-7-12(2)8-10-13)21-11-15(19)20-17(3,4)5/h7-10,14,16H,6,11,18H2,1-5H3. The quantitative estimate of drug-likeness (QED) is 0.811. The molecule has 4 heteroatoms. The van der Waals surface area contributed by atoms with Crippen molar-refractivity contribution >= 4 is 17.7 Å². The first-order valence-corrected chi connectivity index (χ1v) is 8.43. The Morgan fingerprint density at radius 1 is 1.29 bits per heavy atom. The van der Waals surface area contributed by atoms with E-state index in [1.165, 1.54) is 11.1 Å². The third-order valence-corrected chi connectivity index (χ3v) is 4.45. The first kappa shape index (κ1) is 18.1. The third-order valence-electron chi connectivity index (χ3n) is 3.07. The molecule has 0 saturated carbocycles. The second-order valence-electron chi connectivity index (χ2n) is 6.30. The molecule has 0 saturated heterocycles. The van der Waals surface area contributed by atoms with E-state index in [4.69, 9.17) is 10.5 Å². The molecule has 0 bridgehead atoms. The first-order chi connectivity index (χ1) is 9.73. The zero-order valence-electron chi connectivity index (χ0n) is 13.7. The van der Waals surface area contributed by atoms with Crippen LogP contribution >= 0.6 is 11.8 Å². The van der Waals surface area contributed by atoms with E-state index in [1.807, 2.05) is 20.8 Å². The lowest BCUT2D eigenvalue weighted by Gasteiger charge is -2.24. The number of esters is 1. The number of hydrogen-bond donors (Lipinski definition) is 1. The number of benzene rings is 1. The molecule has 2 unspecified atom stereocenters. The minimum atomic E-state index is -0.441. The molecular formula is C17H27NO2S.